The van der Waals surface area contributed by atoms with Crippen molar-refractivity contribution in [2.75, 3.05) is 6.61 Å². The van der Waals surface area contributed by atoms with E-state index >= 15 is 0 Å². The molecule has 0 bridgehead atoms. The normalized spacial score (nSPS) is 9.90. The molecule has 102 valence electrons. The maximum Gasteiger partial charge on any atom is 0.104 e. The molecule has 2 aromatic carbocycles. The number of aliphatic hydroxyl groups is 1. The minimum atomic E-state index is -0.133. The fourth-order valence-corrected chi connectivity index (χ4v) is 2.19. The molecule has 2 aromatic rings. The fraction of sp³-hybridized carbons (Fsp3) is 0.176. The highest BCUT2D eigenvalue weighted by Gasteiger charge is 2.02. The van der Waals surface area contributed by atoms with Crippen LogP contribution in [-0.2, 0) is 18.0 Å². The third-order valence-corrected chi connectivity index (χ3v) is 3.57. The second-order valence-electron chi connectivity index (χ2n) is 4.20. The van der Waals surface area contributed by atoms with Crippen LogP contribution in [-0.4, -0.2) is 11.7 Å². The average Bonchev–Trinajstić information content (AvgIpc) is 2.48. The highest BCUT2D eigenvalue weighted by Crippen LogP contribution is 2.17. The molecule has 0 saturated heterocycles. The van der Waals surface area contributed by atoms with E-state index < -0.39 is 0 Å². The molecule has 0 aliphatic rings. The van der Waals surface area contributed by atoms with E-state index in [1.54, 1.807) is 0 Å². The highest BCUT2D eigenvalue weighted by atomic mass is 79.9. The topological polar surface area (TPSA) is 29.5 Å². The van der Waals surface area contributed by atoms with Gasteiger partial charge in [0.25, 0.3) is 0 Å². The van der Waals surface area contributed by atoms with E-state index in [2.05, 4.69) is 27.8 Å². The molecule has 0 saturated carbocycles. The molecule has 0 aliphatic heterocycles. The number of ether oxygens (including phenoxy) is 1. The largest absolute Gasteiger partial charge is 0.384 e. The van der Waals surface area contributed by atoms with Crippen molar-refractivity contribution in [2.45, 2.75) is 13.2 Å². The zero-order valence-corrected chi connectivity index (χ0v) is 12.6. The molecule has 0 atom stereocenters. The summed E-state index contributed by atoms with van der Waals surface area (Å²) >= 11 is 3.50. The summed E-state index contributed by atoms with van der Waals surface area (Å²) in [6.07, 6.45) is 0. The molecule has 0 radical (unpaired) electrons. The number of hydrogen-bond acceptors (Lipinski definition) is 2. The van der Waals surface area contributed by atoms with Crippen LogP contribution < -0.4 is 0 Å². The first-order valence-electron chi connectivity index (χ1n) is 6.30. The first kappa shape index (κ1) is 14.8. The Morgan fingerprint density at radius 3 is 2.35 bits per heavy atom. The van der Waals surface area contributed by atoms with E-state index in [1.165, 1.54) is 0 Å². The molecule has 0 spiro atoms. The highest BCUT2D eigenvalue weighted by molar-refractivity contribution is 9.10. The molecule has 2 rings (SSSR count). The van der Waals surface area contributed by atoms with E-state index in [-0.39, 0.29) is 6.61 Å². The first-order chi connectivity index (χ1) is 9.81. The van der Waals surface area contributed by atoms with E-state index in [4.69, 9.17) is 9.84 Å². The molecule has 0 aliphatic carbocycles. The zero-order valence-electron chi connectivity index (χ0n) is 11.0. The standard InChI is InChI=1S/C17H15BrO2/c18-17-10-4-3-8-16(17)13-20-12-15-7-2-1-6-14(15)9-5-11-19/h1-4,6-8,10,19H,11-13H2. The molecule has 3 heteroatoms. The number of benzene rings is 2. The summed E-state index contributed by atoms with van der Waals surface area (Å²) < 4.78 is 6.80. The van der Waals surface area contributed by atoms with E-state index in [0.29, 0.717) is 13.2 Å². The minimum absolute atomic E-state index is 0.133. The molecular weight excluding hydrogens is 316 g/mol. The van der Waals surface area contributed by atoms with Gasteiger partial charge in [-0.25, -0.2) is 0 Å². The lowest BCUT2D eigenvalue weighted by Crippen LogP contribution is -1.97. The minimum Gasteiger partial charge on any atom is -0.384 e. The Labute approximate surface area is 127 Å². The van der Waals surface area contributed by atoms with Gasteiger partial charge in [0.2, 0.25) is 0 Å². The number of halogens is 1. The number of aliphatic hydroxyl groups excluding tert-OH is 1. The van der Waals surface area contributed by atoms with Crippen LogP contribution in [0.3, 0.4) is 0 Å². The number of hydrogen-bond donors (Lipinski definition) is 1. The monoisotopic (exact) mass is 330 g/mol. The van der Waals surface area contributed by atoms with Gasteiger partial charge >= 0.3 is 0 Å². The van der Waals surface area contributed by atoms with Gasteiger partial charge in [-0.3, -0.25) is 0 Å². The lowest BCUT2D eigenvalue weighted by Gasteiger charge is -2.08. The molecule has 0 unspecified atom stereocenters. The Hall–Kier alpha value is -1.60. The summed E-state index contributed by atoms with van der Waals surface area (Å²) in [5.74, 6) is 5.60. The second-order valence-corrected chi connectivity index (χ2v) is 5.06. The third-order valence-electron chi connectivity index (χ3n) is 2.79. The van der Waals surface area contributed by atoms with Crippen molar-refractivity contribution in [3.8, 4) is 11.8 Å². The van der Waals surface area contributed by atoms with E-state index in [1.807, 2.05) is 48.5 Å². The van der Waals surface area contributed by atoms with Gasteiger partial charge < -0.3 is 9.84 Å². The van der Waals surface area contributed by atoms with Crippen molar-refractivity contribution in [2.24, 2.45) is 0 Å². The van der Waals surface area contributed by atoms with Crippen LogP contribution in [0.25, 0.3) is 0 Å². The van der Waals surface area contributed by atoms with Crippen molar-refractivity contribution in [3.05, 3.63) is 69.7 Å². The molecule has 0 heterocycles. The summed E-state index contributed by atoms with van der Waals surface area (Å²) in [5, 5.41) is 8.76. The van der Waals surface area contributed by atoms with Gasteiger partial charge in [-0.1, -0.05) is 64.2 Å². The number of rotatable bonds is 4. The van der Waals surface area contributed by atoms with Gasteiger partial charge in [0.05, 0.1) is 13.2 Å². The Balaban J connectivity index is 1.99. The van der Waals surface area contributed by atoms with Gasteiger partial charge in [-0.15, -0.1) is 0 Å². The summed E-state index contributed by atoms with van der Waals surface area (Å²) in [6, 6.07) is 15.8. The van der Waals surface area contributed by atoms with Crippen LogP contribution in [0.2, 0.25) is 0 Å². The van der Waals surface area contributed by atoms with E-state index in [9.17, 15) is 0 Å². The van der Waals surface area contributed by atoms with Crippen LogP contribution in [0.4, 0.5) is 0 Å². The molecule has 2 nitrogen and oxygen atoms in total. The van der Waals surface area contributed by atoms with Crippen molar-refractivity contribution in [3.63, 3.8) is 0 Å². The molecular formula is C17H15BrO2. The molecule has 1 N–H and O–H groups in total. The fourth-order valence-electron chi connectivity index (χ4n) is 1.79. The van der Waals surface area contributed by atoms with Crippen LogP contribution in [0.15, 0.2) is 53.0 Å². The van der Waals surface area contributed by atoms with Crippen molar-refractivity contribution in [1.82, 2.24) is 0 Å². The Bertz CT molecular complexity index is 626. The van der Waals surface area contributed by atoms with Gasteiger partial charge in [0, 0.05) is 10.0 Å². The van der Waals surface area contributed by atoms with Gasteiger partial charge in [-0.2, -0.15) is 0 Å². The second kappa shape index (κ2) is 7.86. The molecule has 0 aromatic heterocycles. The predicted molar refractivity (Wildman–Crippen MR) is 83.0 cm³/mol. The average molecular weight is 331 g/mol. The molecule has 0 amide bonds. The van der Waals surface area contributed by atoms with Crippen molar-refractivity contribution < 1.29 is 9.84 Å². The summed E-state index contributed by atoms with van der Waals surface area (Å²) in [5.41, 5.74) is 3.04. The van der Waals surface area contributed by atoms with Crippen molar-refractivity contribution >= 4 is 15.9 Å². The maximum atomic E-state index is 8.76. The predicted octanol–water partition coefficient (Wildman–Crippen LogP) is 3.51. The maximum absolute atomic E-state index is 8.76. The van der Waals surface area contributed by atoms with Gasteiger partial charge in [0.1, 0.15) is 6.61 Å². The first-order valence-corrected chi connectivity index (χ1v) is 7.09. The molecule has 0 fully saturated rings. The van der Waals surface area contributed by atoms with Crippen LogP contribution in [0, 0.1) is 11.8 Å². The van der Waals surface area contributed by atoms with Crippen LogP contribution >= 0.6 is 15.9 Å². The summed E-state index contributed by atoms with van der Waals surface area (Å²) in [4.78, 5) is 0. The summed E-state index contributed by atoms with van der Waals surface area (Å²) in [7, 11) is 0. The third kappa shape index (κ3) is 4.21. The SMILES string of the molecule is OCC#Cc1ccccc1COCc1ccccc1Br. The quantitative estimate of drug-likeness (QED) is 0.869. The van der Waals surface area contributed by atoms with E-state index in [0.717, 1.165) is 21.2 Å². The van der Waals surface area contributed by atoms with Crippen LogP contribution in [0.5, 0.6) is 0 Å². The Morgan fingerprint density at radius 1 is 0.950 bits per heavy atom. The smallest absolute Gasteiger partial charge is 0.104 e. The lowest BCUT2D eigenvalue weighted by atomic mass is 10.1. The Kier molecular flexibility index (Phi) is 5.82. The Morgan fingerprint density at radius 2 is 1.60 bits per heavy atom. The van der Waals surface area contributed by atoms with Gasteiger partial charge in [0.15, 0.2) is 0 Å². The van der Waals surface area contributed by atoms with Gasteiger partial charge in [-0.05, 0) is 23.3 Å². The lowest BCUT2D eigenvalue weighted by molar-refractivity contribution is 0.106. The molecule has 20 heavy (non-hydrogen) atoms. The van der Waals surface area contributed by atoms with Crippen molar-refractivity contribution in [1.29, 1.82) is 0 Å². The van der Waals surface area contributed by atoms with Crippen LogP contribution in [0.1, 0.15) is 16.7 Å². The zero-order chi connectivity index (χ0) is 14.2. The summed E-state index contributed by atoms with van der Waals surface area (Å²) in [6.45, 7) is 0.910.